The number of carbonyl (C=O) groups is 1. The van der Waals surface area contributed by atoms with E-state index in [0.29, 0.717) is 35.8 Å². The van der Waals surface area contributed by atoms with Crippen molar-refractivity contribution in [1.82, 2.24) is 9.80 Å². The van der Waals surface area contributed by atoms with Crippen LogP contribution in [-0.4, -0.2) is 68.4 Å². The van der Waals surface area contributed by atoms with Gasteiger partial charge in [-0.2, -0.15) is 0 Å². The molecular weight excluding hydrogens is 324 g/mol. The highest BCUT2D eigenvalue weighted by molar-refractivity contribution is 7.91. The molecule has 3 aliphatic rings. The summed E-state index contributed by atoms with van der Waals surface area (Å²) in [5.74, 6) is 1.41. The van der Waals surface area contributed by atoms with Gasteiger partial charge in [-0.05, 0) is 63.1 Å². The maximum Gasteiger partial charge on any atom is 0.222 e. The Bertz CT molecular complexity index is 579. The van der Waals surface area contributed by atoms with Crippen molar-refractivity contribution in [3.05, 3.63) is 12.7 Å². The first-order chi connectivity index (χ1) is 11.4. The summed E-state index contributed by atoms with van der Waals surface area (Å²) in [4.78, 5) is 16.5. The third-order valence-corrected chi connectivity index (χ3v) is 8.03. The Labute approximate surface area is 146 Å². The first-order valence-electron chi connectivity index (χ1n) is 9.23. The molecule has 0 aromatic carbocycles. The molecule has 24 heavy (non-hydrogen) atoms. The van der Waals surface area contributed by atoms with Gasteiger partial charge in [0.1, 0.15) is 0 Å². The van der Waals surface area contributed by atoms with Crippen LogP contribution in [-0.2, 0) is 14.6 Å². The van der Waals surface area contributed by atoms with Crippen LogP contribution < -0.4 is 0 Å². The van der Waals surface area contributed by atoms with Crippen LogP contribution in [0.3, 0.4) is 0 Å². The number of nitrogens with zero attached hydrogens (tertiary/aromatic N) is 2. The lowest BCUT2D eigenvalue weighted by Gasteiger charge is -2.47. The molecule has 3 fully saturated rings. The first kappa shape index (κ1) is 17.9. The normalized spacial score (nSPS) is 29.9. The third kappa shape index (κ3) is 4.20. The molecule has 0 aliphatic carbocycles. The van der Waals surface area contributed by atoms with Crippen molar-refractivity contribution < 1.29 is 13.2 Å². The highest BCUT2D eigenvalue weighted by Gasteiger charge is 2.40. The minimum Gasteiger partial charge on any atom is -0.338 e. The average Bonchev–Trinajstić information content (AvgIpc) is 2.90. The zero-order valence-corrected chi connectivity index (χ0v) is 15.4. The molecule has 1 amide bonds. The van der Waals surface area contributed by atoms with E-state index in [4.69, 9.17) is 0 Å². The summed E-state index contributed by atoms with van der Waals surface area (Å²) in [6, 6.07) is 0. The van der Waals surface area contributed by atoms with Crippen molar-refractivity contribution in [3.63, 3.8) is 0 Å². The Balaban J connectivity index is 1.45. The van der Waals surface area contributed by atoms with Crippen molar-refractivity contribution in [1.29, 1.82) is 0 Å². The largest absolute Gasteiger partial charge is 0.338 e. The standard InChI is InChI=1S/C18H30N2O3S/c1-2-9-20-15-18(6-3-17(20)21)7-11-19(12-8-18)10-4-16-5-13-24(22,23)14-16/h2,16H,1,3-15H2/t16-/m1/s1. The number of sulfone groups is 1. The van der Waals surface area contributed by atoms with Gasteiger partial charge in [-0.3, -0.25) is 4.79 Å². The summed E-state index contributed by atoms with van der Waals surface area (Å²) in [7, 11) is -2.75. The SMILES string of the molecule is C=CCN1CC2(CCC1=O)CCN(CC[C@@H]1CCS(=O)(=O)C1)CC2. The van der Waals surface area contributed by atoms with Crippen molar-refractivity contribution in [2.24, 2.45) is 11.3 Å². The molecule has 3 saturated heterocycles. The molecule has 0 saturated carbocycles. The number of hydrogen-bond donors (Lipinski definition) is 0. The molecule has 1 atom stereocenters. The molecule has 0 unspecified atom stereocenters. The quantitative estimate of drug-likeness (QED) is 0.705. The lowest BCUT2D eigenvalue weighted by atomic mass is 9.72. The van der Waals surface area contributed by atoms with Crippen LogP contribution in [0.4, 0.5) is 0 Å². The molecule has 5 nitrogen and oxygen atoms in total. The van der Waals surface area contributed by atoms with E-state index < -0.39 is 9.84 Å². The van der Waals surface area contributed by atoms with E-state index in [0.717, 1.165) is 58.3 Å². The van der Waals surface area contributed by atoms with Gasteiger partial charge in [-0.15, -0.1) is 6.58 Å². The van der Waals surface area contributed by atoms with Crippen LogP contribution in [0.25, 0.3) is 0 Å². The number of amides is 1. The zero-order valence-electron chi connectivity index (χ0n) is 14.6. The summed E-state index contributed by atoms with van der Waals surface area (Å²) in [6.07, 6.45) is 7.67. The smallest absolute Gasteiger partial charge is 0.222 e. The molecule has 0 radical (unpaired) electrons. The monoisotopic (exact) mass is 354 g/mol. The second-order valence-electron chi connectivity index (χ2n) is 7.96. The zero-order chi connectivity index (χ0) is 17.2. The molecule has 136 valence electrons. The predicted molar refractivity (Wildman–Crippen MR) is 95.5 cm³/mol. The van der Waals surface area contributed by atoms with E-state index in [1.807, 2.05) is 11.0 Å². The number of carbonyl (C=O) groups excluding carboxylic acids is 1. The van der Waals surface area contributed by atoms with E-state index in [9.17, 15) is 13.2 Å². The van der Waals surface area contributed by atoms with Crippen LogP contribution in [0, 0.1) is 11.3 Å². The molecule has 0 N–H and O–H groups in total. The summed E-state index contributed by atoms with van der Waals surface area (Å²) >= 11 is 0. The van der Waals surface area contributed by atoms with Gasteiger partial charge in [0.05, 0.1) is 11.5 Å². The topological polar surface area (TPSA) is 57.7 Å². The van der Waals surface area contributed by atoms with Gasteiger partial charge in [0.15, 0.2) is 9.84 Å². The minimum atomic E-state index is -2.75. The minimum absolute atomic E-state index is 0.269. The maximum atomic E-state index is 12.0. The fourth-order valence-electron chi connectivity index (χ4n) is 4.55. The Hall–Kier alpha value is -0.880. The number of piperidine rings is 2. The van der Waals surface area contributed by atoms with E-state index >= 15 is 0 Å². The van der Waals surface area contributed by atoms with E-state index in [2.05, 4.69) is 11.5 Å². The first-order valence-corrected chi connectivity index (χ1v) is 11.0. The second kappa shape index (κ2) is 7.16. The van der Waals surface area contributed by atoms with Gasteiger partial charge in [-0.25, -0.2) is 8.42 Å². The van der Waals surface area contributed by atoms with Gasteiger partial charge in [-0.1, -0.05) is 6.08 Å². The van der Waals surface area contributed by atoms with E-state index in [1.165, 1.54) is 0 Å². The molecule has 3 aliphatic heterocycles. The molecule has 0 aromatic heterocycles. The van der Waals surface area contributed by atoms with Crippen LogP contribution in [0.5, 0.6) is 0 Å². The lowest BCUT2D eigenvalue weighted by Crippen LogP contribution is -2.51. The molecule has 0 bridgehead atoms. The molecule has 0 aromatic rings. The van der Waals surface area contributed by atoms with Gasteiger partial charge in [0.25, 0.3) is 0 Å². The molecule has 3 rings (SSSR count). The average molecular weight is 355 g/mol. The lowest BCUT2D eigenvalue weighted by molar-refractivity contribution is -0.138. The Morgan fingerprint density at radius 3 is 2.62 bits per heavy atom. The van der Waals surface area contributed by atoms with Crippen molar-refractivity contribution in [2.45, 2.75) is 38.5 Å². The summed E-state index contributed by atoms with van der Waals surface area (Å²) in [6.45, 7) is 8.49. The van der Waals surface area contributed by atoms with Crippen LogP contribution in [0.15, 0.2) is 12.7 Å². The fourth-order valence-corrected chi connectivity index (χ4v) is 6.46. The summed E-state index contributed by atoms with van der Waals surface area (Å²) < 4.78 is 23.1. The molecule has 3 heterocycles. The summed E-state index contributed by atoms with van der Waals surface area (Å²) in [5.41, 5.74) is 0.296. The van der Waals surface area contributed by atoms with E-state index in [1.54, 1.807) is 0 Å². The van der Waals surface area contributed by atoms with Crippen molar-refractivity contribution in [3.8, 4) is 0 Å². The molecular formula is C18H30N2O3S. The Kier molecular flexibility index (Phi) is 5.35. The van der Waals surface area contributed by atoms with Crippen molar-refractivity contribution >= 4 is 15.7 Å². The fraction of sp³-hybridized carbons (Fsp3) is 0.833. The van der Waals surface area contributed by atoms with Gasteiger partial charge in [0, 0.05) is 19.5 Å². The maximum absolute atomic E-state index is 12.0. The van der Waals surface area contributed by atoms with E-state index in [-0.39, 0.29) is 5.91 Å². The number of likely N-dealkylation sites (tertiary alicyclic amines) is 2. The number of hydrogen-bond acceptors (Lipinski definition) is 4. The number of rotatable bonds is 5. The van der Waals surface area contributed by atoms with Gasteiger partial charge >= 0.3 is 0 Å². The summed E-state index contributed by atoms with van der Waals surface area (Å²) in [5, 5.41) is 0. The molecule has 1 spiro atoms. The Morgan fingerprint density at radius 1 is 1.25 bits per heavy atom. The van der Waals surface area contributed by atoms with Crippen molar-refractivity contribution in [2.75, 3.05) is 44.2 Å². The van der Waals surface area contributed by atoms with Crippen LogP contribution >= 0.6 is 0 Å². The highest BCUT2D eigenvalue weighted by atomic mass is 32.2. The van der Waals surface area contributed by atoms with Gasteiger partial charge in [0.2, 0.25) is 5.91 Å². The predicted octanol–water partition coefficient (Wildman–Crippen LogP) is 1.70. The highest BCUT2D eigenvalue weighted by Crippen LogP contribution is 2.40. The molecule has 6 heteroatoms. The Morgan fingerprint density at radius 2 is 2.00 bits per heavy atom. The second-order valence-corrected chi connectivity index (χ2v) is 10.2. The third-order valence-electron chi connectivity index (χ3n) is 6.19. The van der Waals surface area contributed by atoms with Gasteiger partial charge < -0.3 is 9.80 Å². The van der Waals surface area contributed by atoms with Crippen LogP contribution in [0.1, 0.15) is 38.5 Å². The van der Waals surface area contributed by atoms with Crippen LogP contribution in [0.2, 0.25) is 0 Å².